The number of aromatic nitrogens is 3. The Bertz CT molecular complexity index is 836. The van der Waals surface area contributed by atoms with Gasteiger partial charge in [-0.05, 0) is 60.7 Å². The Morgan fingerprint density at radius 3 is 2.16 bits per heavy atom. The molecule has 0 aliphatic heterocycles. The van der Waals surface area contributed by atoms with Crippen molar-refractivity contribution in [3.05, 3.63) is 65.4 Å². The summed E-state index contributed by atoms with van der Waals surface area (Å²) in [5, 5.41) is 14.6. The quantitative estimate of drug-likeness (QED) is 0.680. The van der Waals surface area contributed by atoms with Gasteiger partial charge in [0.25, 0.3) is 0 Å². The average Bonchev–Trinajstić information content (AvgIpc) is 2.54. The van der Waals surface area contributed by atoms with Crippen LogP contribution in [0.1, 0.15) is 36.5 Å². The molecule has 2 aromatic carbocycles. The van der Waals surface area contributed by atoms with Gasteiger partial charge in [-0.3, -0.25) is 0 Å². The third-order valence-corrected chi connectivity index (χ3v) is 3.89. The summed E-state index contributed by atoms with van der Waals surface area (Å²) in [6.07, 6.45) is 1.62. The van der Waals surface area contributed by atoms with Crippen molar-refractivity contribution in [2.75, 3.05) is 10.6 Å². The lowest BCUT2D eigenvalue weighted by Gasteiger charge is -2.10. The molecule has 0 spiro atoms. The topological polar surface area (TPSA) is 62.7 Å². The van der Waals surface area contributed by atoms with Crippen molar-refractivity contribution in [2.24, 2.45) is 0 Å². The van der Waals surface area contributed by atoms with E-state index in [0.29, 0.717) is 17.7 Å². The lowest BCUT2D eigenvalue weighted by Crippen LogP contribution is -2.02. The van der Waals surface area contributed by atoms with Crippen LogP contribution in [-0.2, 0) is 0 Å². The summed E-state index contributed by atoms with van der Waals surface area (Å²) >= 11 is 0. The van der Waals surface area contributed by atoms with E-state index in [1.54, 1.807) is 6.20 Å². The van der Waals surface area contributed by atoms with E-state index < -0.39 is 0 Å². The van der Waals surface area contributed by atoms with E-state index in [9.17, 15) is 0 Å². The summed E-state index contributed by atoms with van der Waals surface area (Å²) in [6.45, 7) is 8.50. The highest BCUT2D eigenvalue weighted by Gasteiger charge is 2.04. The van der Waals surface area contributed by atoms with Crippen molar-refractivity contribution in [3.8, 4) is 0 Å². The summed E-state index contributed by atoms with van der Waals surface area (Å²) < 4.78 is 0. The lowest BCUT2D eigenvalue weighted by molar-refractivity contribution is 0.867. The fraction of sp³-hybridized carbons (Fsp3) is 0.250. The third-order valence-electron chi connectivity index (χ3n) is 3.89. The second kappa shape index (κ2) is 7.30. The van der Waals surface area contributed by atoms with Gasteiger partial charge in [0, 0.05) is 11.4 Å². The second-order valence-corrected chi connectivity index (χ2v) is 6.57. The number of nitrogens with one attached hydrogen (secondary N) is 2. The molecule has 0 radical (unpaired) electrons. The monoisotopic (exact) mass is 333 g/mol. The lowest BCUT2D eigenvalue weighted by atomic mass is 10.0. The van der Waals surface area contributed by atoms with Crippen LogP contribution in [0, 0.1) is 13.8 Å². The highest BCUT2D eigenvalue weighted by atomic mass is 15.3. The maximum atomic E-state index is 4.48. The van der Waals surface area contributed by atoms with Gasteiger partial charge in [0.05, 0.1) is 6.20 Å². The van der Waals surface area contributed by atoms with E-state index in [1.807, 2.05) is 12.1 Å². The Labute approximate surface area is 148 Å². The van der Waals surface area contributed by atoms with Gasteiger partial charge in [0.2, 0.25) is 5.95 Å². The Kier molecular flexibility index (Phi) is 4.93. The highest BCUT2D eigenvalue weighted by molar-refractivity contribution is 5.60. The Morgan fingerprint density at radius 2 is 1.52 bits per heavy atom. The molecule has 0 unspecified atom stereocenters. The first-order valence-electron chi connectivity index (χ1n) is 8.41. The van der Waals surface area contributed by atoms with E-state index in [2.05, 4.69) is 83.8 Å². The SMILES string of the molecule is Cc1cc(C)cc(Nc2cnnc(Nc3ccc(C(C)C)cc3)n2)c1. The van der Waals surface area contributed by atoms with Gasteiger partial charge in [-0.25, -0.2) is 0 Å². The van der Waals surface area contributed by atoms with E-state index in [4.69, 9.17) is 0 Å². The smallest absolute Gasteiger partial charge is 0.249 e. The molecule has 25 heavy (non-hydrogen) atoms. The number of benzene rings is 2. The fourth-order valence-corrected chi connectivity index (χ4v) is 2.69. The number of nitrogens with zero attached hydrogens (tertiary/aromatic N) is 3. The maximum absolute atomic E-state index is 4.48. The normalized spacial score (nSPS) is 10.8. The van der Waals surface area contributed by atoms with Gasteiger partial charge in [-0.2, -0.15) is 10.1 Å². The van der Waals surface area contributed by atoms with Crippen molar-refractivity contribution < 1.29 is 0 Å². The first-order chi connectivity index (χ1) is 12.0. The van der Waals surface area contributed by atoms with Gasteiger partial charge in [-0.1, -0.05) is 32.0 Å². The van der Waals surface area contributed by atoms with E-state index >= 15 is 0 Å². The predicted molar refractivity (Wildman–Crippen MR) is 103 cm³/mol. The second-order valence-electron chi connectivity index (χ2n) is 6.57. The van der Waals surface area contributed by atoms with Crippen molar-refractivity contribution >= 4 is 23.1 Å². The molecule has 3 rings (SSSR count). The molecule has 0 atom stereocenters. The standard InChI is InChI=1S/C20H23N5/c1-13(2)16-5-7-17(8-6-16)23-20-24-19(12-21-25-20)22-18-10-14(3)9-15(4)11-18/h5-13H,1-4H3,(H2,22,23,24,25). The van der Waals surface area contributed by atoms with Crippen molar-refractivity contribution in [3.63, 3.8) is 0 Å². The van der Waals surface area contributed by atoms with Crippen LogP contribution in [0.15, 0.2) is 48.7 Å². The third kappa shape index (κ3) is 4.53. The molecular formula is C20H23N5. The average molecular weight is 333 g/mol. The van der Waals surface area contributed by atoms with Gasteiger partial charge >= 0.3 is 0 Å². The zero-order chi connectivity index (χ0) is 17.8. The van der Waals surface area contributed by atoms with Gasteiger partial charge in [-0.15, -0.1) is 5.10 Å². The number of hydrogen-bond donors (Lipinski definition) is 2. The molecular weight excluding hydrogens is 310 g/mol. The summed E-state index contributed by atoms with van der Waals surface area (Å²) in [6, 6.07) is 14.6. The van der Waals surface area contributed by atoms with Crippen LogP contribution in [-0.4, -0.2) is 15.2 Å². The van der Waals surface area contributed by atoms with E-state index in [0.717, 1.165) is 11.4 Å². The molecule has 3 aromatic rings. The number of rotatable bonds is 5. The molecule has 0 bridgehead atoms. The van der Waals surface area contributed by atoms with E-state index in [-0.39, 0.29) is 0 Å². The van der Waals surface area contributed by atoms with Crippen LogP contribution in [0.3, 0.4) is 0 Å². The van der Waals surface area contributed by atoms with Crippen molar-refractivity contribution in [2.45, 2.75) is 33.6 Å². The maximum Gasteiger partial charge on any atom is 0.249 e. The molecule has 0 aliphatic carbocycles. The molecule has 0 amide bonds. The first-order valence-corrected chi connectivity index (χ1v) is 8.41. The Morgan fingerprint density at radius 1 is 0.840 bits per heavy atom. The Hall–Kier alpha value is -2.95. The van der Waals surface area contributed by atoms with Crippen LogP contribution < -0.4 is 10.6 Å². The Balaban J connectivity index is 1.74. The van der Waals surface area contributed by atoms with Gasteiger partial charge < -0.3 is 10.6 Å². The van der Waals surface area contributed by atoms with Gasteiger partial charge in [0.15, 0.2) is 5.82 Å². The largest absolute Gasteiger partial charge is 0.339 e. The van der Waals surface area contributed by atoms with Crippen LogP contribution >= 0.6 is 0 Å². The number of hydrogen-bond acceptors (Lipinski definition) is 5. The number of anilines is 4. The molecule has 0 aliphatic rings. The van der Waals surface area contributed by atoms with Crippen molar-refractivity contribution in [1.82, 2.24) is 15.2 Å². The zero-order valence-electron chi connectivity index (χ0n) is 15.0. The zero-order valence-corrected chi connectivity index (χ0v) is 15.0. The molecule has 1 heterocycles. The molecule has 5 nitrogen and oxygen atoms in total. The van der Waals surface area contributed by atoms with Gasteiger partial charge in [0.1, 0.15) is 0 Å². The molecule has 0 fully saturated rings. The molecule has 1 aromatic heterocycles. The van der Waals surface area contributed by atoms with Crippen LogP contribution in [0.2, 0.25) is 0 Å². The molecule has 0 saturated carbocycles. The summed E-state index contributed by atoms with van der Waals surface area (Å²) in [4.78, 5) is 4.48. The van der Waals surface area contributed by atoms with E-state index in [1.165, 1.54) is 16.7 Å². The molecule has 5 heteroatoms. The predicted octanol–water partition coefficient (Wildman–Crippen LogP) is 5.10. The minimum Gasteiger partial charge on any atom is -0.339 e. The minimum atomic E-state index is 0.465. The molecule has 2 N–H and O–H groups in total. The minimum absolute atomic E-state index is 0.465. The number of aryl methyl sites for hydroxylation is 2. The molecule has 0 saturated heterocycles. The van der Waals surface area contributed by atoms with Crippen molar-refractivity contribution in [1.29, 1.82) is 0 Å². The summed E-state index contributed by atoms with van der Waals surface area (Å²) in [5.74, 6) is 1.63. The van der Waals surface area contributed by atoms with Crippen LogP contribution in [0.25, 0.3) is 0 Å². The molecule has 128 valence electrons. The fourth-order valence-electron chi connectivity index (χ4n) is 2.69. The van der Waals surface area contributed by atoms with Crippen LogP contribution in [0.4, 0.5) is 23.1 Å². The summed E-state index contributed by atoms with van der Waals surface area (Å²) in [7, 11) is 0. The van der Waals surface area contributed by atoms with Crippen LogP contribution in [0.5, 0.6) is 0 Å². The summed E-state index contributed by atoms with van der Waals surface area (Å²) in [5.41, 5.74) is 5.64. The first kappa shape index (κ1) is 16.9. The highest BCUT2D eigenvalue weighted by Crippen LogP contribution is 2.21.